The van der Waals surface area contributed by atoms with E-state index in [-0.39, 0.29) is 23.8 Å². The molecule has 1 aromatic heterocycles. The fourth-order valence-electron chi connectivity index (χ4n) is 4.63. The number of ether oxygens (including phenoxy) is 3. The number of methoxy groups -OCH3 is 1. The lowest BCUT2D eigenvalue weighted by molar-refractivity contribution is -0.138. The Hall–Kier alpha value is -4.65. The molecule has 1 atom stereocenters. The zero-order chi connectivity index (χ0) is 29.8. The molecule has 0 spiro atoms. The molecule has 0 N–H and O–H groups in total. The maximum Gasteiger partial charge on any atom is 0.338 e. The average Bonchev–Trinajstić information content (AvgIpc) is 3.30. The van der Waals surface area contributed by atoms with Crippen LogP contribution in [0.4, 0.5) is 4.39 Å². The number of terminal acetylenes is 1. The number of carbonyl (C=O) groups excluding carboxylic acids is 1. The van der Waals surface area contributed by atoms with E-state index in [4.69, 9.17) is 37.2 Å². The van der Waals surface area contributed by atoms with Crippen molar-refractivity contribution in [2.45, 2.75) is 13.0 Å². The third-order valence-electron chi connectivity index (χ3n) is 6.41. The number of esters is 1. The first-order valence-electron chi connectivity index (χ1n) is 12.8. The highest BCUT2D eigenvalue weighted by Gasteiger charge is 2.35. The van der Waals surface area contributed by atoms with Gasteiger partial charge in [-0.15, -0.1) is 6.42 Å². The first-order chi connectivity index (χ1) is 20.4. The summed E-state index contributed by atoms with van der Waals surface area (Å²) in [5.41, 5.74) is 1.91. The van der Waals surface area contributed by atoms with E-state index in [0.717, 1.165) is 11.3 Å². The van der Waals surface area contributed by atoms with Crippen LogP contribution in [0.2, 0.25) is 5.02 Å². The van der Waals surface area contributed by atoms with E-state index in [2.05, 4.69) is 5.92 Å². The van der Waals surface area contributed by atoms with Gasteiger partial charge in [-0.1, -0.05) is 71.3 Å². The Morgan fingerprint density at radius 1 is 1.19 bits per heavy atom. The van der Waals surface area contributed by atoms with Gasteiger partial charge in [-0.2, -0.15) is 0 Å². The summed E-state index contributed by atoms with van der Waals surface area (Å²) in [5.74, 6) is 1.95. The summed E-state index contributed by atoms with van der Waals surface area (Å²) in [6.45, 7) is 1.82. The van der Waals surface area contributed by atoms with Crippen LogP contribution in [0.15, 0.2) is 82.1 Å². The van der Waals surface area contributed by atoms with Gasteiger partial charge in [-0.3, -0.25) is 9.36 Å². The molecule has 5 rings (SSSR count). The average molecular weight is 603 g/mol. The van der Waals surface area contributed by atoms with Crippen molar-refractivity contribution < 1.29 is 23.4 Å². The summed E-state index contributed by atoms with van der Waals surface area (Å²) in [7, 11) is 1.47. The molecule has 0 saturated heterocycles. The Kier molecular flexibility index (Phi) is 8.57. The van der Waals surface area contributed by atoms with Gasteiger partial charge in [0, 0.05) is 5.56 Å². The Morgan fingerprint density at radius 2 is 1.93 bits per heavy atom. The maximum absolute atomic E-state index is 14.0. The molecule has 10 heteroatoms. The summed E-state index contributed by atoms with van der Waals surface area (Å²) in [4.78, 5) is 32.6. The van der Waals surface area contributed by atoms with Crippen LogP contribution in [0.1, 0.15) is 29.7 Å². The maximum atomic E-state index is 14.0. The number of benzene rings is 3. The number of hydrogen-bond donors (Lipinski definition) is 0. The Bertz CT molecular complexity index is 1910. The molecule has 2 heterocycles. The molecule has 0 fully saturated rings. The molecule has 1 aliphatic heterocycles. The highest BCUT2D eigenvalue weighted by Crippen LogP contribution is 2.37. The number of thiazole rings is 1. The van der Waals surface area contributed by atoms with Crippen LogP contribution >= 0.6 is 22.9 Å². The molecule has 212 valence electrons. The van der Waals surface area contributed by atoms with Crippen LogP contribution < -0.4 is 24.4 Å². The van der Waals surface area contributed by atoms with Crippen molar-refractivity contribution in [2.24, 2.45) is 4.99 Å². The SMILES string of the molecule is C#CCOc1c(Cl)cc(/C=c2\sc3n(c2=O)[C@H](c2ccc(F)cc2)C(C(=O)OCC)=C(c2ccccc2)N=3)cc1OC. The third kappa shape index (κ3) is 5.59. The van der Waals surface area contributed by atoms with Crippen molar-refractivity contribution in [3.8, 4) is 23.8 Å². The number of halogens is 2. The van der Waals surface area contributed by atoms with Crippen molar-refractivity contribution in [2.75, 3.05) is 20.3 Å². The molecule has 0 saturated carbocycles. The van der Waals surface area contributed by atoms with Crippen LogP contribution in [-0.4, -0.2) is 30.9 Å². The number of nitrogens with zero attached hydrogens (tertiary/aromatic N) is 2. The second-order valence-electron chi connectivity index (χ2n) is 9.01. The van der Waals surface area contributed by atoms with Crippen LogP contribution in [0.3, 0.4) is 0 Å². The quantitative estimate of drug-likeness (QED) is 0.215. The molecule has 42 heavy (non-hydrogen) atoms. The lowest BCUT2D eigenvalue weighted by Crippen LogP contribution is -2.40. The van der Waals surface area contributed by atoms with Crippen LogP contribution in [0, 0.1) is 18.2 Å². The van der Waals surface area contributed by atoms with Gasteiger partial charge in [0.1, 0.15) is 12.4 Å². The monoisotopic (exact) mass is 602 g/mol. The minimum Gasteiger partial charge on any atom is -0.493 e. The third-order valence-corrected chi connectivity index (χ3v) is 7.67. The first-order valence-corrected chi connectivity index (χ1v) is 14.0. The summed E-state index contributed by atoms with van der Waals surface area (Å²) >= 11 is 7.61. The highest BCUT2D eigenvalue weighted by molar-refractivity contribution is 7.07. The minimum absolute atomic E-state index is 0.00393. The van der Waals surface area contributed by atoms with E-state index < -0.39 is 23.4 Å². The number of carbonyl (C=O) groups is 1. The molecule has 1 aliphatic rings. The Labute approximate surface area is 249 Å². The van der Waals surface area contributed by atoms with E-state index in [9.17, 15) is 14.0 Å². The standard InChI is InChI=1S/C32H24ClFN2O5S/c1-4-15-41-29-23(33)16-19(17-24(29)39-3)18-25-30(37)36-28(21-11-13-22(34)14-12-21)26(31(38)40-5-2)27(35-32(36)42-25)20-9-7-6-8-10-20/h1,6-14,16-18,28H,5,15H2,2-3H3/b25-18-/t28-/m1/s1. The van der Waals surface area contributed by atoms with Crippen molar-refractivity contribution in [3.63, 3.8) is 0 Å². The summed E-state index contributed by atoms with van der Waals surface area (Å²) < 4.78 is 32.1. The lowest BCUT2D eigenvalue weighted by Gasteiger charge is -2.25. The van der Waals surface area contributed by atoms with Crippen molar-refractivity contribution >= 4 is 40.7 Å². The fourth-order valence-corrected chi connectivity index (χ4v) is 5.90. The first kappa shape index (κ1) is 28.9. The van der Waals surface area contributed by atoms with E-state index in [1.54, 1.807) is 37.3 Å². The van der Waals surface area contributed by atoms with E-state index in [1.807, 2.05) is 30.3 Å². The molecule has 7 nitrogen and oxygen atoms in total. The molecular weight excluding hydrogens is 579 g/mol. The van der Waals surface area contributed by atoms with E-state index in [1.165, 1.54) is 23.8 Å². The Balaban J connectivity index is 1.77. The number of rotatable bonds is 8. The van der Waals surface area contributed by atoms with Gasteiger partial charge in [0.2, 0.25) is 0 Å². The van der Waals surface area contributed by atoms with Crippen LogP contribution in [-0.2, 0) is 9.53 Å². The second kappa shape index (κ2) is 12.5. The fraction of sp³-hybridized carbons (Fsp3) is 0.156. The normalized spacial score (nSPS) is 14.5. The second-order valence-corrected chi connectivity index (χ2v) is 10.4. The van der Waals surface area contributed by atoms with Gasteiger partial charge in [-0.05, 0) is 48.4 Å². The van der Waals surface area contributed by atoms with Crippen LogP contribution in [0.25, 0.3) is 11.8 Å². The van der Waals surface area contributed by atoms with Gasteiger partial charge in [0.25, 0.3) is 5.56 Å². The molecule has 0 unspecified atom stereocenters. The minimum atomic E-state index is -0.920. The Morgan fingerprint density at radius 3 is 2.60 bits per heavy atom. The molecular formula is C32H24ClFN2O5S. The lowest BCUT2D eigenvalue weighted by atomic mass is 9.93. The van der Waals surface area contributed by atoms with Gasteiger partial charge in [-0.25, -0.2) is 14.2 Å². The van der Waals surface area contributed by atoms with Gasteiger partial charge < -0.3 is 14.2 Å². The molecule has 4 aromatic rings. The predicted molar refractivity (Wildman–Crippen MR) is 160 cm³/mol. The van der Waals surface area contributed by atoms with Crippen molar-refractivity contribution in [3.05, 3.63) is 120 Å². The van der Waals surface area contributed by atoms with Crippen molar-refractivity contribution in [1.82, 2.24) is 4.57 Å². The van der Waals surface area contributed by atoms with E-state index in [0.29, 0.717) is 43.2 Å². The molecule has 0 aliphatic carbocycles. The smallest absolute Gasteiger partial charge is 0.338 e. The highest BCUT2D eigenvalue weighted by atomic mass is 35.5. The van der Waals surface area contributed by atoms with Gasteiger partial charge in [0.15, 0.2) is 16.3 Å². The number of hydrogen-bond acceptors (Lipinski definition) is 7. The zero-order valence-corrected chi connectivity index (χ0v) is 24.2. The van der Waals surface area contributed by atoms with Crippen molar-refractivity contribution in [1.29, 1.82) is 0 Å². The molecule has 0 radical (unpaired) electrons. The van der Waals surface area contributed by atoms with E-state index >= 15 is 0 Å². The summed E-state index contributed by atoms with van der Waals surface area (Å²) in [5, 5.41) is 0.253. The predicted octanol–water partition coefficient (Wildman–Crippen LogP) is 4.75. The topological polar surface area (TPSA) is 79.1 Å². The molecule has 0 amide bonds. The summed E-state index contributed by atoms with van der Waals surface area (Å²) in [6, 6.07) is 17.2. The van der Waals surface area contributed by atoms with Gasteiger partial charge in [0.05, 0.1) is 40.6 Å². The van der Waals surface area contributed by atoms with Crippen LogP contribution in [0.5, 0.6) is 11.5 Å². The largest absolute Gasteiger partial charge is 0.493 e. The van der Waals surface area contributed by atoms with Gasteiger partial charge >= 0.3 is 5.97 Å². The number of fused-ring (bicyclic) bond motifs is 1. The molecule has 0 bridgehead atoms. The molecule has 3 aromatic carbocycles. The zero-order valence-electron chi connectivity index (χ0n) is 22.6. The number of aromatic nitrogens is 1. The summed E-state index contributed by atoms with van der Waals surface area (Å²) in [6.07, 6.45) is 6.96.